The zero-order valence-electron chi connectivity index (χ0n) is 11.5. The monoisotopic (exact) mass is 277 g/mol. The van der Waals surface area contributed by atoms with Crippen LogP contribution >= 0.6 is 0 Å². The van der Waals surface area contributed by atoms with Crippen molar-refractivity contribution in [3.63, 3.8) is 0 Å². The van der Waals surface area contributed by atoms with Crippen LogP contribution in [0.25, 0.3) is 0 Å². The van der Waals surface area contributed by atoms with E-state index in [0.717, 1.165) is 37.8 Å². The van der Waals surface area contributed by atoms with Crippen LogP contribution in [0.1, 0.15) is 31.2 Å². The van der Waals surface area contributed by atoms with Crippen molar-refractivity contribution in [2.45, 2.75) is 31.1 Å². The van der Waals surface area contributed by atoms with Crippen molar-refractivity contribution in [3.05, 3.63) is 35.6 Å². The standard InChI is InChI=1S/C16H20FNO2/c17-14-5-1-4-13(9-14)16(6-7-16)15(20)18-8-2-3-12(10-18)11-19/h1,4-5,9,12,19H,2-3,6-8,10-11H2. The highest BCUT2D eigenvalue weighted by molar-refractivity contribution is 5.91. The number of carbonyl (C=O) groups is 1. The predicted molar refractivity (Wildman–Crippen MR) is 73.7 cm³/mol. The van der Waals surface area contributed by atoms with Crippen LogP contribution in [0.2, 0.25) is 0 Å². The summed E-state index contributed by atoms with van der Waals surface area (Å²) in [5, 5.41) is 9.27. The SMILES string of the molecule is O=C(N1CCCC(CO)C1)C1(c2cccc(F)c2)CC1. The smallest absolute Gasteiger partial charge is 0.233 e. The Morgan fingerprint density at radius 3 is 2.90 bits per heavy atom. The number of halogens is 1. The van der Waals surface area contributed by atoms with E-state index in [1.807, 2.05) is 11.0 Å². The lowest BCUT2D eigenvalue weighted by atomic mass is 9.91. The van der Waals surface area contributed by atoms with Gasteiger partial charge in [0.05, 0.1) is 5.41 Å². The molecule has 1 aromatic carbocycles. The van der Waals surface area contributed by atoms with Crippen molar-refractivity contribution >= 4 is 5.91 Å². The Balaban J connectivity index is 1.79. The number of hydrogen-bond donors (Lipinski definition) is 1. The third-order valence-electron chi connectivity index (χ3n) is 4.60. The molecule has 0 bridgehead atoms. The van der Waals surface area contributed by atoms with Gasteiger partial charge in [0.15, 0.2) is 0 Å². The van der Waals surface area contributed by atoms with Crippen LogP contribution in [0.5, 0.6) is 0 Å². The summed E-state index contributed by atoms with van der Waals surface area (Å²) < 4.78 is 13.4. The van der Waals surface area contributed by atoms with Gasteiger partial charge in [-0.05, 0) is 49.3 Å². The molecule has 108 valence electrons. The molecule has 2 fully saturated rings. The molecule has 1 saturated heterocycles. The van der Waals surface area contributed by atoms with Crippen molar-refractivity contribution in [2.75, 3.05) is 19.7 Å². The quantitative estimate of drug-likeness (QED) is 0.919. The van der Waals surface area contributed by atoms with Gasteiger partial charge in [-0.15, -0.1) is 0 Å². The van der Waals surface area contributed by atoms with E-state index in [9.17, 15) is 14.3 Å². The van der Waals surface area contributed by atoms with Crippen molar-refractivity contribution in [1.29, 1.82) is 0 Å². The minimum atomic E-state index is -0.501. The summed E-state index contributed by atoms with van der Waals surface area (Å²) in [4.78, 5) is 14.6. The van der Waals surface area contributed by atoms with Gasteiger partial charge in [-0.1, -0.05) is 12.1 Å². The van der Waals surface area contributed by atoms with Gasteiger partial charge in [-0.2, -0.15) is 0 Å². The van der Waals surface area contributed by atoms with Gasteiger partial charge in [0.25, 0.3) is 0 Å². The minimum Gasteiger partial charge on any atom is -0.396 e. The molecule has 1 aromatic rings. The maximum atomic E-state index is 13.4. The van der Waals surface area contributed by atoms with E-state index >= 15 is 0 Å². The topological polar surface area (TPSA) is 40.5 Å². The van der Waals surface area contributed by atoms with E-state index in [1.165, 1.54) is 12.1 Å². The van der Waals surface area contributed by atoms with E-state index in [2.05, 4.69) is 0 Å². The van der Waals surface area contributed by atoms with Crippen molar-refractivity contribution in [3.8, 4) is 0 Å². The number of likely N-dealkylation sites (tertiary alicyclic amines) is 1. The van der Waals surface area contributed by atoms with Crippen LogP contribution < -0.4 is 0 Å². The lowest BCUT2D eigenvalue weighted by molar-refractivity contribution is -0.136. The van der Waals surface area contributed by atoms with Crippen LogP contribution in [-0.2, 0) is 10.2 Å². The Bertz CT molecular complexity index is 513. The lowest BCUT2D eigenvalue weighted by Gasteiger charge is -2.34. The van der Waals surface area contributed by atoms with Crippen LogP contribution in [0, 0.1) is 11.7 Å². The van der Waals surface area contributed by atoms with Gasteiger partial charge in [-0.25, -0.2) is 4.39 Å². The molecule has 0 radical (unpaired) electrons. The molecule has 1 heterocycles. The Labute approximate surface area is 118 Å². The van der Waals surface area contributed by atoms with Crippen molar-refractivity contribution in [1.82, 2.24) is 4.90 Å². The molecule has 0 aromatic heterocycles. The summed E-state index contributed by atoms with van der Waals surface area (Å²) in [6.45, 7) is 1.52. The number of benzene rings is 1. The second kappa shape index (κ2) is 5.17. The van der Waals surface area contributed by atoms with Crippen LogP contribution in [0.4, 0.5) is 4.39 Å². The van der Waals surface area contributed by atoms with E-state index < -0.39 is 5.41 Å². The first-order chi connectivity index (χ1) is 9.65. The average molecular weight is 277 g/mol. The molecule has 1 aliphatic heterocycles. The highest BCUT2D eigenvalue weighted by Gasteiger charge is 2.53. The van der Waals surface area contributed by atoms with Gasteiger partial charge in [0.2, 0.25) is 5.91 Å². The predicted octanol–water partition coefficient (Wildman–Crippen LogP) is 2.09. The molecular formula is C16H20FNO2. The fourth-order valence-electron chi connectivity index (χ4n) is 3.24. The number of nitrogens with zero attached hydrogens (tertiary/aromatic N) is 1. The summed E-state index contributed by atoms with van der Waals surface area (Å²) in [5.41, 5.74) is 0.299. The third-order valence-corrected chi connectivity index (χ3v) is 4.60. The first-order valence-corrected chi connectivity index (χ1v) is 7.32. The summed E-state index contributed by atoms with van der Waals surface area (Å²) in [6.07, 6.45) is 3.52. The second-order valence-electron chi connectivity index (χ2n) is 6.03. The van der Waals surface area contributed by atoms with Crippen molar-refractivity contribution in [2.24, 2.45) is 5.92 Å². The number of amides is 1. The highest BCUT2D eigenvalue weighted by Crippen LogP contribution is 2.50. The maximum absolute atomic E-state index is 13.4. The molecular weight excluding hydrogens is 257 g/mol. The molecule has 20 heavy (non-hydrogen) atoms. The third kappa shape index (κ3) is 2.33. The molecule has 3 rings (SSSR count). The maximum Gasteiger partial charge on any atom is 0.233 e. The van der Waals surface area contributed by atoms with Gasteiger partial charge < -0.3 is 10.0 Å². The fourth-order valence-corrected chi connectivity index (χ4v) is 3.24. The van der Waals surface area contributed by atoms with Gasteiger partial charge in [-0.3, -0.25) is 4.79 Å². The number of hydrogen-bond acceptors (Lipinski definition) is 2. The van der Waals surface area contributed by atoms with Crippen molar-refractivity contribution < 1.29 is 14.3 Å². The number of rotatable bonds is 3. The number of carbonyl (C=O) groups excluding carboxylic acids is 1. The largest absolute Gasteiger partial charge is 0.396 e. The highest BCUT2D eigenvalue weighted by atomic mass is 19.1. The molecule has 1 unspecified atom stereocenters. The normalized spacial score (nSPS) is 24.5. The summed E-state index contributed by atoms with van der Waals surface area (Å²) in [5.74, 6) is 0.0192. The zero-order chi connectivity index (χ0) is 14.2. The molecule has 4 heteroatoms. The Morgan fingerprint density at radius 2 is 2.25 bits per heavy atom. The van der Waals surface area contributed by atoms with Crippen LogP contribution in [0.15, 0.2) is 24.3 Å². The molecule has 1 N–H and O–H groups in total. The lowest BCUT2D eigenvalue weighted by Crippen LogP contribution is -2.45. The average Bonchev–Trinajstić information content (AvgIpc) is 3.28. The fraction of sp³-hybridized carbons (Fsp3) is 0.562. The van der Waals surface area contributed by atoms with Gasteiger partial charge >= 0.3 is 0 Å². The van der Waals surface area contributed by atoms with E-state index in [0.29, 0.717) is 6.54 Å². The number of piperidine rings is 1. The first-order valence-electron chi connectivity index (χ1n) is 7.32. The van der Waals surface area contributed by atoms with E-state index in [4.69, 9.17) is 0 Å². The Kier molecular flexibility index (Phi) is 3.50. The molecule has 1 atom stereocenters. The molecule has 1 amide bonds. The van der Waals surface area contributed by atoms with Crippen LogP contribution in [0.3, 0.4) is 0 Å². The number of aliphatic hydroxyl groups excluding tert-OH is 1. The first kappa shape index (κ1) is 13.6. The number of aliphatic hydroxyl groups is 1. The minimum absolute atomic E-state index is 0.112. The summed E-state index contributed by atoms with van der Waals surface area (Å²) in [6, 6.07) is 6.41. The van der Waals surface area contributed by atoms with Crippen LogP contribution in [-0.4, -0.2) is 35.6 Å². The molecule has 1 saturated carbocycles. The summed E-state index contributed by atoms with van der Waals surface area (Å²) in [7, 11) is 0. The second-order valence-corrected chi connectivity index (χ2v) is 6.03. The zero-order valence-corrected chi connectivity index (χ0v) is 11.5. The Hall–Kier alpha value is -1.42. The van der Waals surface area contributed by atoms with E-state index in [-0.39, 0.29) is 24.2 Å². The molecule has 3 nitrogen and oxygen atoms in total. The molecule has 1 aliphatic carbocycles. The summed E-state index contributed by atoms with van der Waals surface area (Å²) >= 11 is 0. The van der Waals surface area contributed by atoms with Gasteiger partial charge in [0, 0.05) is 19.7 Å². The van der Waals surface area contributed by atoms with Gasteiger partial charge in [0.1, 0.15) is 5.82 Å². The Morgan fingerprint density at radius 1 is 1.45 bits per heavy atom. The molecule has 0 spiro atoms. The molecule has 2 aliphatic rings. The van der Waals surface area contributed by atoms with E-state index in [1.54, 1.807) is 6.07 Å².